The Morgan fingerprint density at radius 2 is 1.61 bits per heavy atom. The lowest BCUT2D eigenvalue weighted by molar-refractivity contribution is 0.102. The van der Waals surface area contributed by atoms with Crippen LogP contribution in [-0.2, 0) is 6.54 Å². The van der Waals surface area contributed by atoms with Crippen LogP contribution in [0.1, 0.15) is 41.6 Å². The summed E-state index contributed by atoms with van der Waals surface area (Å²) in [6, 6.07) is 22.5. The summed E-state index contributed by atoms with van der Waals surface area (Å²) in [5.41, 5.74) is 2.37. The van der Waals surface area contributed by atoms with Gasteiger partial charge < -0.3 is 10.1 Å². The van der Waals surface area contributed by atoms with Crippen LogP contribution in [0.5, 0.6) is 11.5 Å². The Labute approximate surface area is 188 Å². The van der Waals surface area contributed by atoms with Crippen molar-refractivity contribution >= 4 is 23.2 Å². The van der Waals surface area contributed by atoms with Gasteiger partial charge in [0.05, 0.1) is 5.69 Å². The monoisotopic (exact) mass is 434 g/mol. The van der Waals surface area contributed by atoms with E-state index in [0.29, 0.717) is 27.8 Å². The zero-order valence-corrected chi connectivity index (χ0v) is 18.3. The van der Waals surface area contributed by atoms with Crippen molar-refractivity contribution < 1.29 is 9.53 Å². The molecule has 5 heteroatoms. The fourth-order valence-electron chi connectivity index (χ4n) is 3.81. The van der Waals surface area contributed by atoms with Crippen LogP contribution < -0.4 is 10.1 Å². The molecule has 1 aliphatic rings. The molecule has 1 aliphatic heterocycles. The van der Waals surface area contributed by atoms with Crippen molar-refractivity contribution in [2.75, 3.05) is 18.4 Å². The fraction of sp³-hybridized carbons (Fsp3) is 0.269. The minimum Gasteiger partial charge on any atom is -0.455 e. The minimum atomic E-state index is -0.193. The zero-order chi connectivity index (χ0) is 21.5. The number of nitrogens with one attached hydrogen (secondary N) is 1. The molecule has 0 atom stereocenters. The van der Waals surface area contributed by atoms with Gasteiger partial charge in [-0.15, -0.1) is 0 Å². The third-order valence-electron chi connectivity index (χ3n) is 5.48. The van der Waals surface area contributed by atoms with Crippen molar-refractivity contribution in [2.45, 2.75) is 32.2 Å². The van der Waals surface area contributed by atoms with Crippen LogP contribution in [0.4, 0.5) is 5.69 Å². The van der Waals surface area contributed by atoms with Crippen LogP contribution in [0.15, 0.2) is 72.8 Å². The van der Waals surface area contributed by atoms with Gasteiger partial charge in [-0.3, -0.25) is 9.69 Å². The molecule has 0 unspecified atom stereocenters. The van der Waals surface area contributed by atoms with Gasteiger partial charge in [0.2, 0.25) is 0 Å². The molecule has 0 saturated carbocycles. The van der Waals surface area contributed by atoms with E-state index < -0.39 is 0 Å². The van der Waals surface area contributed by atoms with E-state index >= 15 is 0 Å². The molecule has 31 heavy (non-hydrogen) atoms. The summed E-state index contributed by atoms with van der Waals surface area (Å²) in [6.45, 7) is 3.24. The first-order chi connectivity index (χ1) is 15.2. The number of halogens is 1. The fourth-order valence-corrected chi connectivity index (χ4v) is 3.98. The lowest BCUT2D eigenvalue weighted by Gasteiger charge is -2.19. The highest BCUT2D eigenvalue weighted by Gasteiger charge is 2.13. The number of benzene rings is 3. The Kier molecular flexibility index (Phi) is 7.23. The molecule has 3 aromatic rings. The molecular weight excluding hydrogens is 408 g/mol. The van der Waals surface area contributed by atoms with E-state index in [1.54, 1.807) is 18.2 Å². The Morgan fingerprint density at radius 1 is 0.903 bits per heavy atom. The largest absolute Gasteiger partial charge is 0.455 e. The summed E-state index contributed by atoms with van der Waals surface area (Å²) >= 11 is 6.16. The maximum Gasteiger partial charge on any atom is 0.255 e. The summed E-state index contributed by atoms with van der Waals surface area (Å²) in [7, 11) is 0. The van der Waals surface area contributed by atoms with Gasteiger partial charge in [0.25, 0.3) is 5.91 Å². The summed E-state index contributed by atoms with van der Waals surface area (Å²) < 4.78 is 5.94. The molecule has 1 heterocycles. The molecule has 1 N–H and O–H groups in total. The highest BCUT2D eigenvalue weighted by atomic mass is 35.5. The van der Waals surface area contributed by atoms with Crippen molar-refractivity contribution in [3.05, 3.63) is 88.9 Å². The van der Waals surface area contributed by atoms with Crippen LogP contribution in [-0.4, -0.2) is 23.9 Å². The summed E-state index contributed by atoms with van der Waals surface area (Å²) in [5, 5.41) is 3.47. The predicted molar refractivity (Wildman–Crippen MR) is 126 cm³/mol. The number of carbonyl (C=O) groups is 1. The second kappa shape index (κ2) is 10.5. The first-order valence-corrected chi connectivity index (χ1v) is 11.2. The van der Waals surface area contributed by atoms with E-state index in [1.165, 1.54) is 31.2 Å². The highest BCUT2D eigenvalue weighted by molar-refractivity contribution is 6.31. The third kappa shape index (κ3) is 6.09. The standard InChI is InChI=1S/C26H27ClN2O2/c27-22-14-15-25(31-23-8-4-3-5-9-23)24(18-22)28-26(30)21-12-10-20(11-13-21)19-29-16-6-1-2-7-17-29/h3-5,8-15,18H,1-2,6-7,16-17,19H2,(H,28,30). The van der Waals surface area contributed by atoms with E-state index in [9.17, 15) is 4.79 Å². The molecule has 0 spiro atoms. The Morgan fingerprint density at radius 3 is 2.32 bits per heavy atom. The van der Waals surface area contributed by atoms with Crippen LogP contribution in [0.3, 0.4) is 0 Å². The van der Waals surface area contributed by atoms with Gasteiger partial charge in [0.15, 0.2) is 5.75 Å². The number of hydrogen-bond donors (Lipinski definition) is 1. The SMILES string of the molecule is O=C(Nc1cc(Cl)ccc1Oc1ccccc1)c1ccc(CN2CCCCCC2)cc1. The summed E-state index contributed by atoms with van der Waals surface area (Å²) in [4.78, 5) is 15.4. The lowest BCUT2D eigenvalue weighted by atomic mass is 10.1. The van der Waals surface area contributed by atoms with Crippen molar-refractivity contribution in [1.82, 2.24) is 4.90 Å². The van der Waals surface area contributed by atoms with Gasteiger partial charge in [-0.1, -0.05) is 54.8 Å². The zero-order valence-electron chi connectivity index (χ0n) is 17.5. The van der Waals surface area contributed by atoms with E-state index in [2.05, 4.69) is 10.2 Å². The topological polar surface area (TPSA) is 41.6 Å². The first kappa shape index (κ1) is 21.4. The van der Waals surface area contributed by atoms with Crippen LogP contribution in [0.25, 0.3) is 0 Å². The second-order valence-corrected chi connectivity index (χ2v) is 8.33. The van der Waals surface area contributed by atoms with Crippen molar-refractivity contribution in [2.24, 2.45) is 0 Å². The van der Waals surface area contributed by atoms with Gasteiger partial charge in [-0.2, -0.15) is 0 Å². The molecule has 1 fully saturated rings. The summed E-state index contributed by atoms with van der Waals surface area (Å²) in [5.74, 6) is 1.04. The normalized spacial score (nSPS) is 14.6. The maximum atomic E-state index is 12.9. The highest BCUT2D eigenvalue weighted by Crippen LogP contribution is 2.32. The van der Waals surface area contributed by atoms with Crippen LogP contribution in [0.2, 0.25) is 5.02 Å². The molecule has 3 aromatic carbocycles. The van der Waals surface area contributed by atoms with Gasteiger partial charge in [0, 0.05) is 17.1 Å². The number of para-hydroxylation sites is 1. The summed E-state index contributed by atoms with van der Waals surface area (Å²) in [6.07, 6.45) is 5.20. The maximum absolute atomic E-state index is 12.9. The van der Waals surface area contributed by atoms with Crippen LogP contribution >= 0.6 is 11.6 Å². The van der Waals surface area contributed by atoms with Gasteiger partial charge in [-0.05, 0) is 74.0 Å². The second-order valence-electron chi connectivity index (χ2n) is 7.90. The molecule has 4 nitrogen and oxygen atoms in total. The number of carbonyl (C=O) groups excluding carboxylic acids is 1. The van der Waals surface area contributed by atoms with Crippen LogP contribution in [0, 0.1) is 0 Å². The first-order valence-electron chi connectivity index (χ1n) is 10.8. The Hall–Kier alpha value is -2.82. The number of ether oxygens (including phenoxy) is 1. The van der Waals surface area contributed by atoms with E-state index in [0.717, 1.165) is 19.6 Å². The van der Waals surface area contributed by atoms with E-state index in [-0.39, 0.29) is 5.91 Å². The molecule has 160 valence electrons. The van der Waals surface area contributed by atoms with Gasteiger partial charge in [0.1, 0.15) is 5.75 Å². The van der Waals surface area contributed by atoms with Crippen molar-refractivity contribution in [3.8, 4) is 11.5 Å². The number of hydrogen-bond acceptors (Lipinski definition) is 3. The molecule has 0 aromatic heterocycles. The third-order valence-corrected chi connectivity index (χ3v) is 5.72. The number of nitrogens with zero attached hydrogens (tertiary/aromatic N) is 1. The van der Waals surface area contributed by atoms with E-state index in [1.807, 2.05) is 54.6 Å². The smallest absolute Gasteiger partial charge is 0.255 e. The average Bonchev–Trinajstić information content (AvgIpc) is 3.05. The minimum absolute atomic E-state index is 0.193. The Balaban J connectivity index is 1.43. The predicted octanol–water partition coefficient (Wildman–Crippen LogP) is 6.76. The van der Waals surface area contributed by atoms with Crippen molar-refractivity contribution in [3.63, 3.8) is 0 Å². The number of amides is 1. The average molecular weight is 435 g/mol. The molecule has 0 aliphatic carbocycles. The van der Waals surface area contributed by atoms with Gasteiger partial charge in [-0.25, -0.2) is 0 Å². The van der Waals surface area contributed by atoms with Crippen molar-refractivity contribution in [1.29, 1.82) is 0 Å². The number of rotatable bonds is 6. The molecule has 1 saturated heterocycles. The lowest BCUT2D eigenvalue weighted by Crippen LogP contribution is -2.24. The molecule has 1 amide bonds. The quantitative estimate of drug-likeness (QED) is 0.466. The number of likely N-dealkylation sites (tertiary alicyclic amines) is 1. The molecule has 0 bridgehead atoms. The van der Waals surface area contributed by atoms with E-state index in [4.69, 9.17) is 16.3 Å². The number of anilines is 1. The molecule has 0 radical (unpaired) electrons. The molecular formula is C26H27ClN2O2. The Bertz CT molecular complexity index is 998. The van der Waals surface area contributed by atoms with Gasteiger partial charge >= 0.3 is 0 Å². The molecule has 4 rings (SSSR count).